The van der Waals surface area contributed by atoms with E-state index in [1.54, 1.807) is 0 Å². The first-order valence-electron chi connectivity index (χ1n) is 5.10. The molecule has 0 aliphatic carbocycles. The second-order valence-corrected chi connectivity index (χ2v) is 3.70. The standard InChI is InChI=1S/C12H10F3NO3/c1-7(11(18)19)6-10(17)16-9-4-2-8(3-5-9)12(13,14)15/h2-6H,1H3,(H,16,17)(H,18,19)/b7-6+. The maximum Gasteiger partial charge on any atom is 0.416 e. The first-order chi connectivity index (χ1) is 8.70. The molecular weight excluding hydrogens is 263 g/mol. The van der Waals surface area contributed by atoms with E-state index in [2.05, 4.69) is 5.32 Å². The van der Waals surface area contributed by atoms with E-state index < -0.39 is 23.6 Å². The molecule has 1 aromatic carbocycles. The number of carboxylic acid groups (broad SMARTS) is 1. The monoisotopic (exact) mass is 273 g/mol. The van der Waals surface area contributed by atoms with Gasteiger partial charge in [-0.1, -0.05) is 0 Å². The van der Waals surface area contributed by atoms with Crippen LogP contribution in [0.1, 0.15) is 12.5 Å². The minimum absolute atomic E-state index is 0.146. The van der Waals surface area contributed by atoms with Crippen molar-refractivity contribution in [1.82, 2.24) is 0 Å². The van der Waals surface area contributed by atoms with E-state index >= 15 is 0 Å². The van der Waals surface area contributed by atoms with Crippen molar-refractivity contribution in [2.24, 2.45) is 0 Å². The van der Waals surface area contributed by atoms with Crippen LogP contribution < -0.4 is 5.32 Å². The molecule has 0 aliphatic heterocycles. The predicted octanol–water partition coefficient (Wildman–Crippen LogP) is 2.67. The average Bonchev–Trinajstić information content (AvgIpc) is 2.28. The van der Waals surface area contributed by atoms with Gasteiger partial charge in [0, 0.05) is 17.3 Å². The molecule has 1 aromatic rings. The maximum absolute atomic E-state index is 12.3. The van der Waals surface area contributed by atoms with Gasteiger partial charge in [-0.3, -0.25) is 4.79 Å². The number of carboxylic acids is 1. The third kappa shape index (κ3) is 4.46. The summed E-state index contributed by atoms with van der Waals surface area (Å²) in [4.78, 5) is 21.8. The zero-order chi connectivity index (χ0) is 14.6. The van der Waals surface area contributed by atoms with Crippen molar-refractivity contribution in [3.05, 3.63) is 41.5 Å². The van der Waals surface area contributed by atoms with Gasteiger partial charge in [-0.15, -0.1) is 0 Å². The van der Waals surface area contributed by atoms with Crippen molar-refractivity contribution in [3.8, 4) is 0 Å². The van der Waals surface area contributed by atoms with Crippen molar-refractivity contribution in [2.45, 2.75) is 13.1 Å². The maximum atomic E-state index is 12.3. The Labute approximate surface area is 106 Å². The number of anilines is 1. The fourth-order valence-electron chi connectivity index (χ4n) is 1.18. The second-order valence-electron chi connectivity index (χ2n) is 3.70. The van der Waals surface area contributed by atoms with Crippen molar-refractivity contribution in [2.75, 3.05) is 5.32 Å². The van der Waals surface area contributed by atoms with Gasteiger partial charge in [-0.2, -0.15) is 13.2 Å². The summed E-state index contributed by atoms with van der Waals surface area (Å²) in [5.74, 6) is -1.97. The first-order valence-corrected chi connectivity index (χ1v) is 5.10. The Morgan fingerprint density at radius 1 is 1.21 bits per heavy atom. The van der Waals surface area contributed by atoms with E-state index in [9.17, 15) is 22.8 Å². The highest BCUT2D eigenvalue weighted by Gasteiger charge is 2.29. The molecular formula is C12H10F3NO3. The number of hydrogen-bond donors (Lipinski definition) is 2. The summed E-state index contributed by atoms with van der Waals surface area (Å²) in [6.07, 6.45) is -3.59. The third-order valence-corrected chi connectivity index (χ3v) is 2.16. The van der Waals surface area contributed by atoms with Crippen molar-refractivity contribution in [3.63, 3.8) is 0 Å². The Hall–Kier alpha value is -2.31. The topological polar surface area (TPSA) is 66.4 Å². The molecule has 1 rings (SSSR count). The molecule has 0 aromatic heterocycles. The van der Waals surface area contributed by atoms with Crippen molar-refractivity contribution < 1.29 is 27.9 Å². The van der Waals surface area contributed by atoms with E-state index in [1.807, 2.05) is 0 Å². The van der Waals surface area contributed by atoms with E-state index in [1.165, 1.54) is 6.92 Å². The smallest absolute Gasteiger partial charge is 0.416 e. The number of halogens is 3. The zero-order valence-corrected chi connectivity index (χ0v) is 9.78. The number of alkyl halides is 3. The van der Waals surface area contributed by atoms with Crippen LogP contribution in [-0.2, 0) is 15.8 Å². The molecule has 0 saturated heterocycles. The zero-order valence-electron chi connectivity index (χ0n) is 9.78. The fourth-order valence-corrected chi connectivity index (χ4v) is 1.18. The fraction of sp³-hybridized carbons (Fsp3) is 0.167. The van der Waals surface area contributed by atoms with Gasteiger partial charge in [-0.05, 0) is 31.2 Å². The molecule has 0 unspecified atom stereocenters. The van der Waals surface area contributed by atoms with Crippen LogP contribution >= 0.6 is 0 Å². The Kier molecular flexibility index (Phi) is 4.31. The summed E-state index contributed by atoms with van der Waals surface area (Å²) in [7, 11) is 0. The van der Waals surface area contributed by atoms with Crippen molar-refractivity contribution in [1.29, 1.82) is 0 Å². The van der Waals surface area contributed by atoms with Gasteiger partial charge in [0.25, 0.3) is 0 Å². The van der Waals surface area contributed by atoms with Gasteiger partial charge in [0.2, 0.25) is 5.91 Å². The number of aliphatic carboxylic acids is 1. The van der Waals surface area contributed by atoms with Crippen LogP contribution in [0.25, 0.3) is 0 Å². The predicted molar refractivity (Wildman–Crippen MR) is 61.5 cm³/mol. The normalized spacial score (nSPS) is 12.1. The number of rotatable bonds is 3. The third-order valence-electron chi connectivity index (χ3n) is 2.16. The van der Waals surface area contributed by atoms with Crippen LogP contribution in [0.15, 0.2) is 35.9 Å². The lowest BCUT2D eigenvalue weighted by Gasteiger charge is -2.07. The molecule has 0 bridgehead atoms. The number of amides is 1. The van der Waals surface area contributed by atoms with Crippen molar-refractivity contribution >= 4 is 17.6 Å². The van der Waals surface area contributed by atoms with E-state index in [-0.39, 0.29) is 11.3 Å². The van der Waals surface area contributed by atoms with Gasteiger partial charge in [0.15, 0.2) is 0 Å². The Morgan fingerprint density at radius 2 is 1.74 bits per heavy atom. The highest BCUT2D eigenvalue weighted by molar-refractivity contribution is 6.04. The lowest BCUT2D eigenvalue weighted by Crippen LogP contribution is -2.11. The van der Waals surface area contributed by atoms with Crippen LogP contribution in [0.5, 0.6) is 0 Å². The molecule has 1 amide bonds. The molecule has 0 saturated carbocycles. The number of nitrogens with one attached hydrogen (secondary N) is 1. The van der Waals surface area contributed by atoms with Gasteiger partial charge in [0.05, 0.1) is 5.56 Å². The number of carbonyl (C=O) groups excluding carboxylic acids is 1. The Bertz CT molecular complexity index is 518. The number of carbonyl (C=O) groups is 2. The van der Waals surface area contributed by atoms with E-state index in [0.29, 0.717) is 0 Å². The summed E-state index contributed by atoms with van der Waals surface area (Å²) in [6.45, 7) is 1.23. The highest BCUT2D eigenvalue weighted by atomic mass is 19.4. The van der Waals surface area contributed by atoms with Crippen LogP contribution in [0.4, 0.5) is 18.9 Å². The molecule has 0 radical (unpaired) electrons. The van der Waals surface area contributed by atoms with Crippen LogP contribution in [0, 0.1) is 0 Å². The Balaban J connectivity index is 2.77. The van der Waals surface area contributed by atoms with Gasteiger partial charge >= 0.3 is 12.1 Å². The summed E-state index contributed by atoms with van der Waals surface area (Å²) >= 11 is 0. The van der Waals surface area contributed by atoms with E-state index in [0.717, 1.165) is 30.3 Å². The molecule has 102 valence electrons. The lowest BCUT2D eigenvalue weighted by molar-refractivity contribution is -0.137. The average molecular weight is 273 g/mol. The van der Waals surface area contributed by atoms with Gasteiger partial charge in [0.1, 0.15) is 0 Å². The van der Waals surface area contributed by atoms with E-state index in [4.69, 9.17) is 5.11 Å². The van der Waals surface area contributed by atoms with Gasteiger partial charge < -0.3 is 10.4 Å². The molecule has 0 aliphatic rings. The van der Waals surface area contributed by atoms with Crippen LogP contribution in [-0.4, -0.2) is 17.0 Å². The molecule has 0 atom stereocenters. The summed E-state index contributed by atoms with van der Waals surface area (Å²) in [5, 5.41) is 10.8. The van der Waals surface area contributed by atoms with Crippen LogP contribution in [0.2, 0.25) is 0 Å². The Morgan fingerprint density at radius 3 is 2.16 bits per heavy atom. The second kappa shape index (κ2) is 5.55. The number of benzene rings is 1. The quantitative estimate of drug-likeness (QED) is 0.832. The highest BCUT2D eigenvalue weighted by Crippen LogP contribution is 2.29. The lowest BCUT2D eigenvalue weighted by atomic mass is 10.2. The molecule has 2 N–H and O–H groups in total. The molecule has 7 heteroatoms. The summed E-state index contributed by atoms with van der Waals surface area (Å²) in [5.41, 5.74) is -0.861. The first kappa shape index (κ1) is 14.7. The molecule has 0 heterocycles. The molecule has 0 fully saturated rings. The minimum Gasteiger partial charge on any atom is -0.478 e. The summed E-state index contributed by atoms with van der Waals surface area (Å²) in [6, 6.07) is 3.82. The van der Waals surface area contributed by atoms with Gasteiger partial charge in [-0.25, -0.2) is 4.79 Å². The molecule has 0 spiro atoms. The molecule has 4 nitrogen and oxygen atoms in total. The summed E-state index contributed by atoms with van der Waals surface area (Å²) < 4.78 is 36.8. The SMILES string of the molecule is C/C(=C\C(=O)Nc1ccc(C(F)(F)F)cc1)C(=O)O. The molecule has 19 heavy (non-hydrogen) atoms. The largest absolute Gasteiger partial charge is 0.478 e. The number of hydrogen-bond acceptors (Lipinski definition) is 2. The van der Waals surface area contributed by atoms with Crippen LogP contribution in [0.3, 0.4) is 0 Å². The minimum atomic E-state index is -4.44.